The van der Waals surface area contributed by atoms with E-state index < -0.39 is 0 Å². The molecule has 0 fully saturated rings. The number of likely N-dealkylation sites (N-methyl/N-ethyl adjacent to an activating group) is 2. The first-order valence-corrected chi connectivity index (χ1v) is 16.4. The maximum Gasteiger partial charge on any atom is 0.261 e. The Kier molecular flexibility index (Phi) is 12.6. The molecular formula is C38H46N4O4. The van der Waals surface area contributed by atoms with E-state index in [2.05, 4.69) is 17.3 Å². The summed E-state index contributed by atoms with van der Waals surface area (Å²) < 4.78 is 0. The van der Waals surface area contributed by atoms with Gasteiger partial charge in [0.15, 0.2) is 6.29 Å². The van der Waals surface area contributed by atoms with Crippen molar-refractivity contribution in [2.24, 2.45) is 0 Å². The van der Waals surface area contributed by atoms with Gasteiger partial charge in [0.2, 0.25) is 0 Å². The number of imide groups is 1. The van der Waals surface area contributed by atoms with Gasteiger partial charge in [0.05, 0.1) is 0 Å². The molecule has 1 N–H and O–H groups in total. The smallest absolute Gasteiger partial charge is 0.261 e. The molecule has 1 heterocycles. The van der Waals surface area contributed by atoms with Crippen molar-refractivity contribution in [2.75, 3.05) is 53.4 Å². The van der Waals surface area contributed by atoms with Crippen molar-refractivity contribution in [3.63, 3.8) is 0 Å². The number of aldehydes is 1. The summed E-state index contributed by atoms with van der Waals surface area (Å²) >= 11 is 0. The van der Waals surface area contributed by atoms with Crippen LogP contribution in [0.2, 0.25) is 0 Å². The number of benzene rings is 4. The van der Waals surface area contributed by atoms with E-state index in [1.165, 1.54) is 4.90 Å². The Bertz CT molecular complexity index is 1630. The van der Waals surface area contributed by atoms with Crippen molar-refractivity contribution in [1.29, 1.82) is 0 Å². The van der Waals surface area contributed by atoms with E-state index in [9.17, 15) is 19.2 Å². The Morgan fingerprint density at radius 1 is 0.717 bits per heavy atom. The summed E-state index contributed by atoms with van der Waals surface area (Å²) in [6, 6.07) is 22.2. The van der Waals surface area contributed by atoms with Crippen LogP contribution in [0.1, 0.15) is 81.0 Å². The first-order valence-electron chi connectivity index (χ1n) is 16.4. The highest BCUT2D eigenvalue weighted by atomic mass is 16.2. The first kappa shape index (κ1) is 34.5. The molecule has 4 aromatic rings. The van der Waals surface area contributed by atoms with E-state index in [0.717, 1.165) is 67.8 Å². The molecule has 46 heavy (non-hydrogen) atoms. The second-order valence-electron chi connectivity index (χ2n) is 11.5. The minimum atomic E-state index is -0.221. The number of amides is 3. The Balaban J connectivity index is 0.00000235. The molecule has 4 aromatic carbocycles. The molecule has 0 saturated carbocycles. The predicted molar refractivity (Wildman–Crippen MR) is 186 cm³/mol. The lowest BCUT2D eigenvalue weighted by Gasteiger charge is -2.27. The molecule has 0 spiro atoms. The zero-order chi connectivity index (χ0) is 33.1. The van der Waals surface area contributed by atoms with Crippen molar-refractivity contribution in [1.82, 2.24) is 20.0 Å². The van der Waals surface area contributed by atoms with Crippen LogP contribution in [-0.2, 0) is 0 Å². The quantitative estimate of drug-likeness (QED) is 0.0954. The highest BCUT2D eigenvalue weighted by molar-refractivity contribution is 6.25. The van der Waals surface area contributed by atoms with Gasteiger partial charge in [0, 0.05) is 66.3 Å². The van der Waals surface area contributed by atoms with Crippen LogP contribution in [0.5, 0.6) is 0 Å². The van der Waals surface area contributed by atoms with Gasteiger partial charge in [-0.2, -0.15) is 0 Å². The van der Waals surface area contributed by atoms with Crippen molar-refractivity contribution < 1.29 is 19.2 Å². The lowest BCUT2D eigenvalue weighted by molar-refractivity contribution is 0.0611. The third-order valence-corrected chi connectivity index (χ3v) is 8.47. The molecule has 1 aliphatic rings. The standard InChI is InChI=1S/C36H40N4O4.C2H6/c1-38(23-24-39(2)34(42)29-16-8-12-26-11-7-15-28(25-41)32(26)29)21-6-4-3-5-19-37-20-22-40-35(43)30-17-9-13-27-14-10-18-31(33(27)30)36(40)44;1-2/h7-18,25,37H,3-6,19-24H2,1-2H3;1-2H3. The molecule has 0 radical (unpaired) electrons. The molecule has 0 aliphatic carbocycles. The lowest BCUT2D eigenvalue weighted by Crippen LogP contribution is -2.43. The fraction of sp³-hybridized carbons (Fsp3) is 0.368. The number of fused-ring (bicyclic) bond motifs is 1. The predicted octanol–water partition coefficient (Wildman–Crippen LogP) is 6.28. The van der Waals surface area contributed by atoms with Gasteiger partial charge in [0.1, 0.15) is 0 Å². The van der Waals surface area contributed by atoms with Gasteiger partial charge in [0.25, 0.3) is 17.7 Å². The summed E-state index contributed by atoms with van der Waals surface area (Å²) in [4.78, 5) is 56.1. The topological polar surface area (TPSA) is 90.0 Å². The highest BCUT2D eigenvalue weighted by Gasteiger charge is 2.32. The van der Waals surface area contributed by atoms with Gasteiger partial charge in [-0.05, 0) is 62.0 Å². The minimum absolute atomic E-state index is 0.0815. The average molecular weight is 623 g/mol. The molecule has 242 valence electrons. The number of rotatable bonds is 15. The van der Waals surface area contributed by atoms with E-state index in [4.69, 9.17) is 0 Å². The van der Waals surface area contributed by atoms with E-state index >= 15 is 0 Å². The average Bonchev–Trinajstić information content (AvgIpc) is 3.09. The van der Waals surface area contributed by atoms with Crippen LogP contribution in [0.4, 0.5) is 0 Å². The van der Waals surface area contributed by atoms with Crippen LogP contribution in [0.15, 0.2) is 72.8 Å². The first-order chi connectivity index (χ1) is 22.4. The number of unbranched alkanes of at least 4 members (excludes halogenated alkanes) is 3. The van der Waals surface area contributed by atoms with Crippen LogP contribution in [0.3, 0.4) is 0 Å². The molecule has 8 nitrogen and oxygen atoms in total. The van der Waals surface area contributed by atoms with Crippen LogP contribution in [0, 0.1) is 0 Å². The summed E-state index contributed by atoms with van der Waals surface area (Å²) in [6.07, 6.45) is 5.11. The summed E-state index contributed by atoms with van der Waals surface area (Å²) in [5.74, 6) is -0.523. The highest BCUT2D eigenvalue weighted by Crippen LogP contribution is 2.29. The third kappa shape index (κ3) is 7.87. The molecule has 0 bridgehead atoms. The normalized spacial score (nSPS) is 12.4. The molecule has 0 unspecified atom stereocenters. The Hall–Kier alpha value is -4.40. The van der Waals surface area contributed by atoms with Gasteiger partial charge in [-0.3, -0.25) is 24.1 Å². The minimum Gasteiger partial charge on any atom is -0.340 e. The molecule has 0 atom stereocenters. The number of nitrogens with one attached hydrogen (secondary N) is 1. The zero-order valence-electron chi connectivity index (χ0n) is 27.6. The number of hydrogen-bond donors (Lipinski definition) is 1. The van der Waals surface area contributed by atoms with Crippen LogP contribution < -0.4 is 5.32 Å². The second kappa shape index (κ2) is 16.8. The number of nitrogens with zero attached hydrogens (tertiary/aromatic N) is 3. The SMILES string of the molecule is CC.CN(CCCCCCNCCN1C(=O)c2cccc3cccc(c23)C1=O)CCN(C)C(=O)c1cccc2cccc(C=O)c12. The van der Waals surface area contributed by atoms with E-state index in [-0.39, 0.29) is 17.7 Å². The van der Waals surface area contributed by atoms with Crippen LogP contribution in [-0.4, -0.2) is 92.1 Å². The maximum absolute atomic E-state index is 13.2. The Morgan fingerprint density at radius 2 is 1.30 bits per heavy atom. The second-order valence-corrected chi connectivity index (χ2v) is 11.5. The van der Waals surface area contributed by atoms with Crippen molar-refractivity contribution in [2.45, 2.75) is 39.5 Å². The number of carbonyl (C=O) groups is 4. The monoisotopic (exact) mass is 622 g/mol. The fourth-order valence-corrected chi connectivity index (χ4v) is 5.97. The summed E-state index contributed by atoms with van der Waals surface area (Å²) in [6.45, 7) is 8.07. The maximum atomic E-state index is 13.2. The Labute approximate surface area is 272 Å². The van der Waals surface area contributed by atoms with E-state index in [1.807, 2.05) is 69.4 Å². The fourth-order valence-electron chi connectivity index (χ4n) is 5.97. The molecule has 3 amide bonds. The third-order valence-electron chi connectivity index (χ3n) is 8.47. The summed E-state index contributed by atoms with van der Waals surface area (Å²) in [5.41, 5.74) is 2.28. The summed E-state index contributed by atoms with van der Waals surface area (Å²) in [7, 11) is 3.88. The lowest BCUT2D eigenvalue weighted by atomic mass is 9.94. The molecule has 1 aliphatic heterocycles. The van der Waals surface area contributed by atoms with Crippen LogP contribution in [0.25, 0.3) is 21.5 Å². The van der Waals surface area contributed by atoms with Crippen molar-refractivity contribution >= 4 is 45.6 Å². The van der Waals surface area contributed by atoms with Gasteiger partial charge < -0.3 is 15.1 Å². The molecule has 0 saturated heterocycles. The molecular weight excluding hydrogens is 576 g/mol. The van der Waals surface area contributed by atoms with Crippen molar-refractivity contribution in [3.8, 4) is 0 Å². The molecule has 5 rings (SSSR count). The van der Waals surface area contributed by atoms with E-state index in [0.29, 0.717) is 47.3 Å². The largest absolute Gasteiger partial charge is 0.340 e. The van der Waals surface area contributed by atoms with Crippen molar-refractivity contribution in [3.05, 3.63) is 95.1 Å². The van der Waals surface area contributed by atoms with Gasteiger partial charge in [-0.1, -0.05) is 81.3 Å². The van der Waals surface area contributed by atoms with Crippen LogP contribution >= 0.6 is 0 Å². The number of carbonyl (C=O) groups excluding carboxylic acids is 4. The Morgan fingerprint density at radius 3 is 1.96 bits per heavy atom. The van der Waals surface area contributed by atoms with Gasteiger partial charge in [-0.15, -0.1) is 0 Å². The number of hydrogen-bond acceptors (Lipinski definition) is 6. The van der Waals surface area contributed by atoms with Gasteiger partial charge >= 0.3 is 0 Å². The molecule has 0 aromatic heterocycles. The summed E-state index contributed by atoms with van der Waals surface area (Å²) in [5, 5.41) is 6.66. The van der Waals surface area contributed by atoms with Gasteiger partial charge in [-0.25, -0.2) is 0 Å². The molecule has 8 heteroatoms. The zero-order valence-corrected chi connectivity index (χ0v) is 27.6. The van der Waals surface area contributed by atoms with E-state index in [1.54, 1.807) is 29.2 Å².